The molecule has 0 saturated heterocycles. The lowest BCUT2D eigenvalue weighted by Crippen LogP contribution is -2.47. The zero-order chi connectivity index (χ0) is 11.5. The fourth-order valence-electron chi connectivity index (χ4n) is 2.61. The Morgan fingerprint density at radius 3 is 2.47 bits per heavy atom. The fraction of sp³-hybridized carbons (Fsp3) is 0.909. The molecule has 0 heterocycles. The van der Waals surface area contributed by atoms with Crippen LogP contribution in [0, 0.1) is 5.41 Å². The molecule has 4 nitrogen and oxygen atoms in total. The molecule has 0 aliphatic heterocycles. The van der Waals surface area contributed by atoms with Gasteiger partial charge in [-0.2, -0.15) is 0 Å². The Hall–Kier alpha value is -0.610. The topological polar surface area (TPSA) is 72.5 Å². The molecular weight excluding hydrogens is 194 g/mol. The number of aliphatic carboxylic acids is 1. The third-order valence-corrected chi connectivity index (χ3v) is 3.62. The van der Waals surface area contributed by atoms with Crippen molar-refractivity contribution in [2.75, 3.05) is 7.11 Å². The Bertz CT molecular complexity index is 218. The van der Waals surface area contributed by atoms with E-state index in [2.05, 4.69) is 0 Å². The number of carboxylic acid groups (broad SMARTS) is 1. The summed E-state index contributed by atoms with van der Waals surface area (Å²) in [6.45, 7) is 1.97. The lowest BCUT2D eigenvalue weighted by molar-refractivity contribution is -0.162. The summed E-state index contributed by atoms with van der Waals surface area (Å²) in [5.74, 6) is -0.733. The van der Waals surface area contributed by atoms with Gasteiger partial charge in [-0.1, -0.05) is 6.92 Å². The first-order valence-electron chi connectivity index (χ1n) is 5.58. The molecule has 1 saturated carbocycles. The van der Waals surface area contributed by atoms with Crippen LogP contribution in [0.4, 0.5) is 0 Å². The Morgan fingerprint density at radius 1 is 1.60 bits per heavy atom. The van der Waals surface area contributed by atoms with E-state index in [-0.39, 0.29) is 12.1 Å². The Labute approximate surface area is 90.8 Å². The molecule has 0 bridgehead atoms. The normalized spacial score (nSPS) is 33.7. The second kappa shape index (κ2) is 4.94. The summed E-state index contributed by atoms with van der Waals surface area (Å²) in [5, 5.41) is 9.39. The predicted molar refractivity (Wildman–Crippen MR) is 57.6 cm³/mol. The first-order valence-corrected chi connectivity index (χ1v) is 5.58. The Balaban J connectivity index is 2.83. The standard InChI is InChI=1S/C11H21NO3/c1-3-9(15-2)11(10(13)14)6-4-8(12)5-7-11/h8-9H,3-7,12H2,1-2H3,(H,13,14). The van der Waals surface area contributed by atoms with E-state index in [4.69, 9.17) is 10.5 Å². The van der Waals surface area contributed by atoms with E-state index in [1.54, 1.807) is 7.11 Å². The summed E-state index contributed by atoms with van der Waals surface area (Å²) in [6.07, 6.45) is 3.38. The summed E-state index contributed by atoms with van der Waals surface area (Å²) in [6, 6.07) is 0.159. The summed E-state index contributed by atoms with van der Waals surface area (Å²) in [4.78, 5) is 11.4. The van der Waals surface area contributed by atoms with Crippen molar-refractivity contribution in [2.45, 2.75) is 51.2 Å². The van der Waals surface area contributed by atoms with Crippen molar-refractivity contribution in [3.63, 3.8) is 0 Å². The second-order valence-electron chi connectivity index (χ2n) is 4.43. The largest absolute Gasteiger partial charge is 0.481 e. The first kappa shape index (κ1) is 12.5. The van der Waals surface area contributed by atoms with Crippen LogP contribution in [-0.4, -0.2) is 30.3 Å². The minimum absolute atomic E-state index is 0.159. The summed E-state index contributed by atoms with van der Waals surface area (Å²) >= 11 is 0. The Kier molecular flexibility index (Phi) is 4.11. The third-order valence-electron chi connectivity index (χ3n) is 3.62. The highest BCUT2D eigenvalue weighted by Crippen LogP contribution is 2.41. The number of ether oxygens (including phenoxy) is 1. The van der Waals surface area contributed by atoms with E-state index >= 15 is 0 Å². The third kappa shape index (κ3) is 2.32. The quantitative estimate of drug-likeness (QED) is 0.743. The highest BCUT2D eigenvalue weighted by Gasteiger charge is 2.47. The monoisotopic (exact) mass is 215 g/mol. The minimum atomic E-state index is -0.733. The minimum Gasteiger partial charge on any atom is -0.481 e. The van der Waals surface area contributed by atoms with Gasteiger partial charge in [0.2, 0.25) is 0 Å². The molecule has 0 aromatic rings. The van der Waals surface area contributed by atoms with E-state index in [0.717, 1.165) is 19.3 Å². The molecule has 1 rings (SSSR count). The average Bonchev–Trinajstić information content (AvgIpc) is 2.22. The van der Waals surface area contributed by atoms with Gasteiger partial charge in [-0.05, 0) is 32.1 Å². The predicted octanol–water partition coefficient (Wildman–Crippen LogP) is 1.38. The molecule has 1 aliphatic carbocycles. The van der Waals surface area contributed by atoms with Crippen LogP contribution in [-0.2, 0) is 9.53 Å². The molecule has 0 aromatic heterocycles. The molecule has 4 heteroatoms. The van der Waals surface area contributed by atoms with Gasteiger partial charge >= 0.3 is 5.97 Å². The van der Waals surface area contributed by atoms with Gasteiger partial charge in [0.1, 0.15) is 0 Å². The second-order valence-corrected chi connectivity index (χ2v) is 4.43. The van der Waals surface area contributed by atoms with Crippen molar-refractivity contribution in [2.24, 2.45) is 11.1 Å². The number of rotatable bonds is 4. The van der Waals surface area contributed by atoms with Gasteiger partial charge < -0.3 is 15.6 Å². The van der Waals surface area contributed by atoms with Gasteiger partial charge in [-0.15, -0.1) is 0 Å². The molecule has 0 spiro atoms. The van der Waals surface area contributed by atoms with Crippen molar-refractivity contribution in [1.82, 2.24) is 0 Å². The maximum absolute atomic E-state index is 11.4. The van der Waals surface area contributed by atoms with Crippen LogP contribution in [0.2, 0.25) is 0 Å². The average molecular weight is 215 g/mol. The van der Waals surface area contributed by atoms with Crippen LogP contribution in [0.1, 0.15) is 39.0 Å². The maximum atomic E-state index is 11.4. The number of methoxy groups -OCH3 is 1. The lowest BCUT2D eigenvalue weighted by Gasteiger charge is -2.40. The highest BCUT2D eigenvalue weighted by molar-refractivity contribution is 5.75. The number of hydrogen-bond acceptors (Lipinski definition) is 3. The smallest absolute Gasteiger partial charge is 0.312 e. The van der Waals surface area contributed by atoms with E-state index in [9.17, 15) is 9.90 Å². The highest BCUT2D eigenvalue weighted by atomic mass is 16.5. The van der Waals surface area contributed by atoms with Crippen molar-refractivity contribution < 1.29 is 14.6 Å². The summed E-state index contributed by atoms with van der Waals surface area (Å²) < 4.78 is 5.32. The Morgan fingerprint density at radius 2 is 2.13 bits per heavy atom. The van der Waals surface area contributed by atoms with Crippen LogP contribution in [0.15, 0.2) is 0 Å². The van der Waals surface area contributed by atoms with Gasteiger partial charge in [0.25, 0.3) is 0 Å². The van der Waals surface area contributed by atoms with E-state index < -0.39 is 11.4 Å². The number of nitrogens with two attached hydrogens (primary N) is 1. The summed E-state index contributed by atoms with van der Waals surface area (Å²) in [5.41, 5.74) is 5.10. The molecule has 15 heavy (non-hydrogen) atoms. The maximum Gasteiger partial charge on any atom is 0.312 e. The van der Waals surface area contributed by atoms with E-state index in [1.807, 2.05) is 6.92 Å². The fourth-order valence-corrected chi connectivity index (χ4v) is 2.61. The van der Waals surface area contributed by atoms with Crippen LogP contribution >= 0.6 is 0 Å². The SMILES string of the molecule is CCC(OC)C1(C(=O)O)CCC(N)CC1. The van der Waals surface area contributed by atoms with Crippen molar-refractivity contribution in [3.8, 4) is 0 Å². The van der Waals surface area contributed by atoms with Gasteiger partial charge in [-0.25, -0.2) is 0 Å². The van der Waals surface area contributed by atoms with Gasteiger partial charge in [0, 0.05) is 13.2 Å². The lowest BCUT2D eigenvalue weighted by atomic mass is 9.68. The van der Waals surface area contributed by atoms with E-state index in [1.165, 1.54) is 0 Å². The first-order chi connectivity index (χ1) is 7.06. The van der Waals surface area contributed by atoms with Crippen LogP contribution in [0.3, 0.4) is 0 Å². The molecule has 88 valence electrons. The van der Waals surface area contributed by atoms with Gasteiger partial charge in [0.05, 0.1) is 11.5 Å². The molecule has 0 amide bonds. The molecular formula is C11H21NO3. The number of hydrogen-bond donors (Lipinski definition) is 2. The molecule has 1 unspecified atom stereocenters. The summed E-state index contributed by atoms with van der Waals surface area (Å²) in [7, 11) is 1.59. The van der Waals surface area contributed by atoms with Gasteiger partial charge in [-0.3, -0.25) is 4.79 Å². The van der Waals surface area contributed by atoms with Crippen molar-refractivity contribution >= 4 is 5.97 Å². The molecule has 0 radical (unpaired) electrons. The zero-order valence-corrected chi connectivity index (χ0v) is 9.53. The van der Waals surface area contributed by atoms with Crippen molar-refractivity contribution in [3.05, 3.63) is 0 Å². The molecule has 1 aliphatic rings. The van der Waals surface area contributed by atoms with Crippen LogP contribution in [0.5, 0.6) is 0 Å². The van der Waals surface area contributed by atoms with Crippen LogP contribution < -0.4 is 5.73 Å². The zero-order valence-electron chi connectivity index (χ0n) is 9.53. The van der Waals surface area contributed by atoms with Gasteiger partial charge in [0.15, 0.2) is 0 Å². The number of carboxylic acids is 1. The van der Waals surface area contributed by atoms with Crippen LogP contribution in [0.25, 0.3) is 0 Å². The van der Waals surface area contributed by atoms with E-state index in [0.29, 0.717) is 12.8 Å². The molecule has 3 N–H and O–H groups in total. The molecule has 1 atom stereocenters. The number of carbonyl (C=O) groups is 1. The molecule has 0 aromatic carbocycles. The molecule has 1 fully saturated rings. The van der Waals surface area contributed by atoms with Crippen molar-refractivity contribution in [1.29, 1.82) is 0 Å².